The highest BCUT2D eigenvalue weighted by Gasteiger charge is 2.39. The highest BCUT2D eigenvalue weighted by Crippen LogP contribution is 2.30. The Labute approximate surface area is 155 Å². The van der Waals surface area contributed by atoms with Crippen LogP contribution in [0.4, 0.5) is 5.69 Å². The van der Waals surface area contributed by atoms with Crippen LogP contribution in [0.1, 0.15) is 12.8 Å². The van der Waals surface area contributed by atoms with E-state index in [9.17, 15) is 5.11 Å². The van der Waals surface area contributed by atoms with Gasteiger partial charge in [0.25, 0.3) is 0 Å². The Kier molecular flexibility index (Phi) is 5.48. The minimum absolute atomic E-state index is 0.236. The van der Waals surface area contributed by atoms with Crippen molar-refractivity contribution in [2.75, 3.05) is 57.4 Å². The Morgan fingerprint density at radius 2 is 1.68 bits per heavy atom. The summed E-state index contributed by atoms with van der Waals surface area (Å²) in [7, 11) is 0. The normalized spacial score (nSPS) is 30.1. The molecule has 0 saturated carbocycles. The summed E-state index contributed by atoms with van der Waals surface area (Å²) in [6, 6.07) is 8.95. The molecule has 3 aliphatic heterocycles. The molecule has 0 bridgehead atoms. The molecular weight excluding hydrogens is 338 g/mol. The number of rotatable bonds is 3. The molecule has 6 heteroatoms. The Hall–Kier alpha value is -0.850. The third-order valence-corrected chi connectivity index (χ3v) is 6.30. The van der Waals surface area contributed by atoms with E-state index in [1.165, 1.54) is 0 Å². The lowest BCUT2D eigenvalue weighted by molar-refractivity contribution is -0.00629. The van der Waals surface area contributed by atoms with E-state index in [-0.39, 0.29) is 12.1 Å². The summed E-state index contributed by atoms with van der Waals surface area (Å²) in [4.78, 5) is 7.31. The van der Waals surface area contributed by atoms with Crippen LogP contribution in [0.15, 0.2) is 24.3 Å². The van der Waals surface area contributed by atoms with E-state index in [2.05, 4.69) is 26.8 Å². The minimum atomic E-state index is -0.236. The molecule has 0 unspecified atom stereocenters. The van der Waals surface area contributed by atoms with Gasteiger partial charge in [-0.3, -0.25) is 9.80 Å². The van der Waals surface area contributed by atoms with Gasteiger partial charge >= 0.3 is 0 Å². The molecule has 0 spiro atoms. The standard InChI is InChI=1S/C19H28ClN3O2/c20-16-3-1-2-4-17(16)21-7-5-15(6-8-21)23-13-18(19(24)14-23)22-9-11-25-12-10-22/h1-4,15,18-19,24H,5-14H2/t18-,19-/m1/s1. The van der Waals surface area contributed by atoms with Crippen molar-refractivity contribution in [2.24, 2.45) is 0 Å². The van der Waals surface area contributed by atoms with E-state index in [0.29, 0.717) is 6.04 Å². The molecular formula is C19H28ClN3O2. The van der Waals surface area contributed by atoms with Gasteiger partial charge in [-0.1, -0.05) is 23.7 Å². The van der Waals surface area contributed by atoms with Gasteiger partial charge in [-0.05, 0) is 25.0 Å². The van der Waals surface area contributed by atoms with Gasteiger partial charge in [0.1, 0.15) is 0 Å². The summed E-state index contributed by atoms with van der Waals surface area (Å²) in [5.41, 5.74) is 1.15. The molecule has 0 aromatic heterocycles. The molecule has 0 amide bonds. The van der Waals surface area contributed by atoms with Crippen LogP contribution in [0.25, 0.3) is 0 Å². The second-order valence-electron chi connectivity index (χ2n) is 7.41. The van der Waals surface area contributed by atoms with Gasteiger partial charge in [0.15, 0.2) is 0 Å². The van der Waals surface area contributed by atoms with E-state index in [1.807, 2.05) is 12.1 Å². The van der Waals surface area contributed by atoms with Crippen molar-refractivity contribution in [1.82, 2.24) is 9.80 Å². The Bertz CT molecular complexity index is 574. The predicted octanol–water partition coefficient (Wildman–Crippen LogP) is 1.69. The molecule has 2 atom stereocenters. The van der Waals surface area contributed by atoms with Crippen LogP contribution in [0.3, 0.4) is 0 Å². The summed E-state index contributed by atoms with van der Waals surface area (Å²) in [6.07, 6.45) is 2.03. The number of ether oxygens (including phenoxy) is 1. The van der Waals surface area contributed by atoms with Gasteiger partial charge in [0.2, 0.25) is 0 Å². The van der Waals surface area contributed by atoms with Crippen LogP contribution in [0, 0.1) is 0 Å². The number of halogens is 1. The summed E-state index contributed by atoms with van der Waals surface area (Å²) in [5.74, 6) is 0. The van der Waals surface area contributed by atoms with Gasteiger partial charge in [-0.25, -0.2) is 0 Å². The number of hydrogen-bond acceptors (Lipinski definition) is 5. The van der Waals surface area contributed by atoms with Crippen molar-refractivity contribution in [1.29, 1.82) is 0 Å². The van der Waals surface area contributed by atoms with E-state index in [4.69, 9.17) is 16.3 Å². The molecule has 0 aliphatic carbocycles. The molecule has 3 saturated heterocycles. The number of piperidine rings is 1. The third-order valence-electron chi connectivity index (χ3n) is 5.98. The topological polar surface area (TPSA) is 39.2 Å². The summed E-state index contributed by atoms with van der Waals surface area (Å²) < 4.78 is 5.45. The molecule has 4 rings (SSSR count). The second-order valence-corrected chi connectivity index (χ2v) is 7.81. The van der Waals surface area contributed by atoms with Crippen molar-refractivity contribution in [3.8, 4) is 0 Å². The van der Waals surface area contributed by atoms with Crippen molar-refractivity contribution >= 4 is 17.3 Å². The van der Waals surface area contributed by atoms with E-state index >= 15 is 0 Å². The average molecular weight is 366 g/mol. The number of para-hydroxylation sites is 1. The molecule has 3 fully saturated rings. The van der Waals surface area contributed by atoms with Gasteiger partial charge < -0.3 is 14.7 Å². The Morgan fingerprint density at radius 1 is 0.960 bits per heavy atom. The predicted molar refractivity (Wildman–Crippen MR) is 100 cm³/mol. The SMILES string of the molecule is O[C@@H]1CN(C2CCN(c3ccccc3Cl)CC2)C[C@H]1N1CCOCC1. The van der Waals surface area contributed by atoms with Gasteiger partial charge in [-0.2, -0.15) is 0 Å². The minimum Gasteiger partial charge on any atom is -0.390 e. The number of nitrogens with zero attached hydrogens (tertiary/aromatic N) is 3. The van der Waals surface area contributed by atoms with Crippen molar-refractivity contribution in [3.63, 3.8) is 0 Å². The first-order chi connectivity index (χ1) is 12.2. The zero-order chi connectivity index (χ0) is 17.2. The number of anilines is 1. The maximum Gasteiger partial charge on any atom is 0.0834 e. The largest absolute Gasteiger partial charge is 0.390 e. The molecule has 138 valence electrons. The molecule has 5 nitrogen and oxygen atoms in total. The highest BCUT2D eigenvalue weighted by atomic mass is 35.5. The lowest BCUT2D eigenvalue weighted by Crippen LogP contribution is -2.49. The molecule has 1 aromatic rings. The Balaban J connectivity index is 1.33. The second kappa shape index (κ2) is 7.80. The maximum atomic E-state index is 10.6. The fourth-order valence-corrected chi connectivity index (χ4v) is 4.80. The number of morpholine rings is 1. The quantitative estimate of drug-likeness (QED) is 0.882. The zero-order valence-electron chi connectivity index (χ0n) is 14.7. The smallest absolute Gasteiger partial charge is 0.0834 e. The first-order valence-corrected chi connectivity index (χ1v) is 9.83. The lowest BCUT2D eigenvalue weighted by Gasteiger charge is -2.38. The third kappa shape index (κ3) is 3.81. The van der Waals surface area contributed by atoms with Crippen LogP contribution < -0.4 is 4.90 Å². The van der Waals surface area contributed by atoms with E-state index in [1.54, 1.807) is 0 Å². The average Bonchev–Trinajstić information content (AvgIpc) is 3.05. The van der Waals surface area contributed by atoms with Crippen LogP contribution in [-0.2, 0) is 4.74 Å². The number of aliphatic hydroxyl groups excluding tert-OH is 1. The molecule has 3 heterocycles. The Morgan fingerprint density at radius 3 is 2.40 bits per heavy atom. The monoisotopic (exact) mass is 365 g/mol. The van der Waals surface area contributed by atoms with E-state index < -0.39 is 0 Å². The van der Waals surface area contributed by atoms with Crippen molar-refractivity contribution in [2.45, 2.75) is 31.0 Å². The first-order valence-electron chi connectivity index (χ1n) is 9.46. The van der Waals surface area contributed by atoms with Crippen molar-refractivity contribution in [3.05, 3.63) is 29.3 Å². The molecule has 1 N–H and O–H groups in total. The van der Waals surface area contributed by atoms with Gasteiger partial charge in [0, 0.05) is 51.4 Å². The summed E-state index contributed by atoms with van der Waals surface area (Å²) in [6.45, 7) is 7.32. The highest BCUT2D eigenvalue weighted by molar-refractivity contribution is 6.33. The number of likely N-dealkylation sites (tertiary alicyclic amines) is 1. The molecule has 25 heavy (non-hydrogen) atoms. The van der Waals surface area contributed by atoms with Crippen molar-refractivity contribution < 1.29 is 9.84 Å². The van der Waals surface area contributed by atoms with Gasteiger partial charge in [-0.15, -0.1) is 0 Å². The molecule has 3 aliphatic rings. The molecule has 1 aromatic carbocycles. The summed E-state index contributed by atoms with van der Waals surface area (Å²) >= 11 is 6.34. The van der Waals surface area contributed by atoms with Crippen LogP contribution in [-0.4, -0.2) is 85.6 Å². The van der Waals surface area contributed by atoms with E-state index in [0.717, 1.165) is 76.0 Å². The lowest BCUT2D eigenvalue weighted by atomic mass is 10.0. The molecule has 0 radical (unpaired) electrons. The number of benzene rings is 1. The summed E-state index contributed by atoms with van der Waals surface area (Å²) in [5, 5.41) is 11.4. The number of hydrogen-bond donors (Lipinski definition) is 1. The fraction of sp³-hybridized carbons (Fsp3) is 0.684. The van der Waals surface area contributed by atoms with Crippen LogP contribution in [0.2, 0.25) is 5.02 Å². The van der Waals surface area contributed by atoms with Gasteiger partial charge in [0.05, 0.1) is 30.0 Å². The van der Waals surface area contributed by atoms with Crippen LogP contribution >= 0.6 is 11.6 Å². The van der Waals surface area contributed by atoms with Crippen LogP contribution in [0.5, 0.6) is 0 Å². The zero-order valence-corrected chi connectivity index (χ0v) is 15.4. The maximum absolute atomic E-state index is 10.6. The number of aliphatic hydroxyl groups is 1. The number of β-amino-alcohol motifs (C(OH)–C–C–N with tert-alkyl or cyclic N) is 1. The fourth-order valence-electron chi connectivity index (χ4n) is 4.54. The first kappa shape index (κ1) is 17.6.